The van der Waals surface area contributed by atoms with Gasteiger partial charge in [0.1, 0.15) is 0 Å². The summed E-state index contributed by atoms with van der Waals surface area (Å²) in [6, 6.07) is 5.55. The standard InChI is InChI=1S/C11H13BrClNOS/c1-7(6-12)14-11(15)9-5-8(16-2)3-4-10(9)13/h3-5,7H,6H2,1-2H3,(H,14,15). The third kappa shape index (κ3) is 3.68. The molecule has 0 aliphatic heterocycles. The third-order valence-electron chi connectivity index (χ3n) is 2.03. The van der Waals surface area contributed by atoms with Crippen molar-refractivity contribution < 1.29 is 4.79 Å². The van der Waals surface area contributed by atoms with Gasteiger partial charge in [-0.2, -0.15) is 0 Å². The van der Waals surface area contributed by atoms with Crippen LogP contribution in [0, 0.1) is 0 Å². The largest absolute Gasteiger partial charge is 0.349 e. The lowest BCUT2D eigenvalue weighted by molar-refractivity contribution is 0.0944. The van der Waals surface area contributed by atoms with Crippen LogP contribution in [-0.4, -0.2) is 23.5 Å². The van der Waals surface area contributed by atoms with E-state index in [0.717, 1.165) is 10.2 Å². The van der Waals surface area contributed by atoms with Crippen LogP contribution < -0.4 is 5.32 Å². The first-order chi connectivity index (χ1) is 7.58. The summed E-state index contributed by atoms with van der Waals surface area (Å²) in [5.74, 6) is -0.132. The number of halogens is 2. The molecule has 0 spiro atoms. The number of thioether (sulfide) groups is 1. The van der Waals surface area contributed by atoms with Crippen molar-refractivity contribution in [2.75, 3.05) is 11.6 Å². The zero-order chi connectivity index (χ0) is 12.1. The quantitative estimate of drug-likeness (QED) is 0.678. The summed E-state index contributed by atoms with van der Waals surface area (Å²) < 4.78 is 0. The Morgan fingerprint density at radius 2 is 2.31 bits per heavy atom. The SMILES string of the molecule is CSc1ccc(Cl)c(C(=O)NC(C)CBr)c1. The fourth-order valence-corrected chi connectivity index (χ4v) is 1.95. The topological polar surface area (TPSA) is 29.1 Å². The highest BCUT2D eigenvalue weighted by Crippen LogP contribution is 2.23. The van der Waals surface area contributed by atoms with E-state index in [9.17, 15) is 4.79 Å². The number of carbonyl (C=O) groups is 1. The summed E-state index contributed by atoms with van der Waals surface area (Å²) in [6.07, 6.45) is 1.96. The lowest BCUT2D eigenvalue weighted by atomic mass is 10.2. The molecule has 0 heterocycles. The highest BCUT2D eigenvalue weighted by Gasteiger charge is 2.12. The Hall–Kier alpha value is -0.190. The van der Waals surface area contributed by atoms with Gasteiger partial charge < -0.3 is 5.32 Å². The number of alkyl halides is 1. The average molecular weight is 323 g/mol. The van der Waals surface area contributed by atoms with Crippen molar-refractivity contribution in [2.24, 2.45) is 0 Å². The smallest absolute Gasteiger partial charge is 0.253 e. The van der Waals surface area contributed by atoms with Gasteiger partial charge in [-0.15, -0.1) is 11.8 Å². The highest BCUT2D eigenvalue weighted by atomic mass is 79.9. The van der Waals surface area contributed by atoms with E-state index >= 15 is 0 Å². The van der Waals surface area contributed by atoms with Gasteiger partial charge in [-0.05, 0) is 31.4 Å². The maximum Gasteiger partial charge on any atom is 0.253 e. The summed E-state index contributed by atoms with van der Waals surface area (Å²) in [5.41, 5.74) is 0.529. The zero-order valence-electron chi connectivity index (χ0n) is 9.09. The Morgan fingerprint density at radius 3 is 2.88 bits per heavy atom. The van der Waals surface area contributed by atoms with E-state index in [2.05, 4.69) is 21.2 Å². The molecule has 2 nitrogen and oxygen atoms in total. The van der Waals surface area contributed by atoms with Crippen molar-refractivity contribution in [1.29, 1.82) is 0 Å². The summed E-state index contributed by atoms with van der Waals surface area (Å²) in [7, 11) is 0. The number of carbonyl (C=O) groups excluding carboxylic acids is 1. The molecule has 16 heavy (non-hydrogen) atoms. The number of rotatable bonds is 4. The molecule has 1 unspecified atom stereocenters. The molecule has 0 saturated heterocycles. The first-order valence-electron chi connectivity index (χ1n) is 4.79. The van der Waals surface area contributed by atoms with E-state index < -0.39 is 0 Å². The van der Waals surface area contributed by atoms with Crippen LogP contribution in [0.3, 0.4) is 0 Å². The van der Waals surface area contributed by atoms with Gasteiger partial charge in [0, 0.05) is 16.3 Å². The van der Waals surface area contributed by atoms with Crippen molar-refractivity contribution in [3.63, 3.8) is 0 Å². The third-order valence-corrected chi connectivity index (χ3v) is 4.05. The molecule has 0 aliphatic rings. The minimum absolute atomic E-state index is 0.0847. The summed E-state index contributed by atoms with van der Waals surface area (Å²) in [5, 5.41) is 4.06. The average Bonchev–Trinajstić information content (AvgIpc) is 2.29. The van der Waals surface area contributed by atoms with Gasteiger partial charge in [0.25, 0.3) is 5.91 Å². The molecule has 0 saturated carbocycles. The van der Waals surface area contributed by atoms with Crippen molar-refractivity contribution in [1.82, 2.24) is 5.32 Å². The fraction of sp³-hybridized carbons (Fsp3) is 0.364. The minimum Gasteiger partial charge on any atom is -0.349 e. The minimum atomic E-state index is -0.132. The molecule has 1 rings (SSSR count). The lowest BCUT2D eigenvalue weighted by Gasteiger charge is -2.12. The number of hydrogen-bond donors (Lipinski definition) is 1. The number of amides is 1. The predicted octanol–water partition coefficient (Wildman–Crippen LogP) is 3.58. The Labute approximate surface area is 113 Å². The van der Waals surface area contributed by atoms with Gasteiger partial charge in [-0.25, -0.2) is 0 Å². The van der Waals surface area contributed by atoms with Crippen molar-refractivity contribution in [3.8, 4) is 0 Å². The Morgan fingerprint density at radius 1 is 1.62 bits per heavy atom. The second kappa shape index (κ2) is 6.52. The van der Waals surface area contributed by atoms with Crippen LogP contribution in [0.15, 0.2) is 23.1 Å². The van der Waals surface area contributed by atoms with E-state index in [0.29, 0.717) is 10.6 Å². The number of hydrogen-bond acceptors (Lipinski definition) is 2. The van der Waals surface area contributed by atoms with Crippen LogP contribution in [0.4, 0.5) is 0 Å². The van der Waals surface area contributed by atoms with Crippen molar-refractivity contribution in [2.45, 2.75) is 17.9 Å². The van der Waals surface area contributed by atoms with Gasteiger partial charge in [0.15, 0.2) is 0 Å². The van der Waals surface area contributed by atoms with Gasteiger partial charge in [-0.1, -0.05) is 27.5 Å². The molecular weight excluding hydrogens is 310 g/mol. The molecule has 0 aromatic heterocycles. The van der Waals surface area contributed by atoms with Crippen LogP contribution in [0.2, 0.25) is 5.02 Å². The van der Waals surface area contributed by atoms with Gasteiger partial charge in [0.2, 0.25) is 0 Å². The molecule has 1 atom stereocenters. The van der Waals surface area contributed by atoms with E-state index in [-0.39, 0.29) is 11.9 Å². The van der Waals surface area contributed by atoms with Crippen LogP contribution in [0.5, 0.6) is 0 Å². The summed E-state index contributed by atoms with van der Waals surface area (Å²) in [4.78, 5) is 12.9. The van der Waals surface area contributed by atoms with E-state index in [1.165, 1.54) is 0 Å². The normalized spacial score (nSPS) is 12.2. The second-order valence-electron chi connectivity index (χ2n) is 3.37. The highest BCUT2D eigenvalue weighted by molar-refractivity contribution is 9.09. The lowest BCUT2D eigenvalue weighted by Crippen LogP contribution is -2.33. The Balaban J connectivity index is 2.89. The second-order valence-corrected chi connectivity index (χ2v) is 5.31. The van der Waals surface area contributed by atoms with Gasteiger partial charge in [-0.3, -0.25) is 4.79 Å². The molecule has 0 fully saturated rings. The Kier molecular flexibility index (Phi) is 5.66. The number of benzene rings is 1. The van der Waals surface area contributed by atoms with Gasteiger partial charge in [0.05, 0.1) is 10.6 Å². The first kappa shape index (κ1) is 13.9. The molecular formula is C11H13BrClNOS. The molecule has 1 aromatic carbocycles. The molecule has 1 aromatic rings. The summed E-state index contributed by atoms with van der Waals surface area (Å²) in [6.45, 7) is 1.93. The molecule has 1 amide bonds. The van der Waals surface area contributed by atoms with Crippen LogP contribution in [-0.2, 0) is 0 Å². The maximum atomic E-state index is 11.9. The zero-order valence-corrected chi connectivity index (χ0v) is 12.2. The van der Waals surface area contributed by atoms with Crippen molar-refractivity contribution in [3.05, 3.63) is 28.8 Å². The Bertz CT molecular complexity index is 386. The van der Waals surface area contributed by atoms with Gasteiger partial charge >= 0.3 is 0 Å². The molecule has 0 radical (unpaired) electrons. The van der Waals surface area contributed by atoms with E-state index in [4.69, 9.17) is 11.6 Å². The molecule has 1 N–H and O–H groups in total. The summed E-state index contributed by atoms with van der Waals surface area (Å²) >= 11 is 10.9. The van der Waals surface area contributed by atoms with Crippen LogP contribution in [0.25, 0.3) is 0 Å². The predicted molar refractivity (Wildman–Crippen MR) is 74.0 cm³/mol. The molecule has 5 heteroatoms. The molecule has 88 valence electrons. The van der Waals surface area contributed by atoms with E-state index in [1.807, 2.05) is 25.3 Å². The first-order valence-corrected chi connectivity index (χ1v) is 7.51. The van der Waals surface area contributed by atoms with Crippen molar-refractivity contribution >= 4 is 45.2 Å². The monoisotopic (exact) mass is 321 g/mol. The fourth-order valence-electron chi connectivity index (χ4n) is 1.15. The van der Waals surface area contributed by atoms with E-state index in [1.54, 1.807) is 17.8 Å². The number of nitrogens with one attached hydrogen (secondary N) is 1. The van der Waals surface area contributed by atoms with Crippen LogP contribution in [0.1, 0.15) is 17.3 Å². The van der Waals surface area contributed by atoms with Crippen LogP contribution >= 0.6 is 39.3 Å². The molecule has 0 bridgehead atoms. The maximum absolute atomic E-state index is 11.9. The molecule has 0 aliphatic carbocycles.